The van der Waals surface area contributed by atoms with Crippen molar-refractivity contribution in [3.05, 3.63) is 18.7 Å². The molecule has 1 aromatic rings. The highest BCUT2D eigenvalue weighted by Crippen LogP contribution is 2.30. The van der Waals surface area contributed by atoms with Crippen LogP contribution in [0.3, 0.4) is 0 Å². The Kier molecular flexibility index (Phi) is 3.24. The molecule has 1 saturated carbocycles. The number of aromatic nitrogens is 2. The standard InChI is InChI=1S/C11H17N3O2/c1-8(11(15)16)13-9-3-2-4-10(9)14-6-5-12-7-14/h5-10,13H,2-4H2,1H3,(H,15,16). The average molecular weight is 223 g/mol. The molecule has 1 aromatic heterocycles. The Morgan fingerprint density at radius 3 is 3.06 bits per heavy atom. The summed E-state index contributed by atoms with van der Waals surface area (Å²) in [5.74, 6) is -0.795. The third-order valence-corrected chi connectivity index (χ3v) is 3.22. The van der Waals surface area contributed by atoms with Crippen LogP contribution in [0.4, 0.5) is 0 Å². The molecule has 0 radical (unpaired) electrons. The number of nitrogens with zero attached hydrogens (tertiary/aromatic N) is 2. The average Bonchev–Trinajstić information content (AvgIpc) is 2.85. The lowest BCUT2D eigenvalue weighted by Crippen LogP contribution is -2.43. The lowest BCUT2D eigenvalue weighted by Gasteiger charge is -2.24. The topological polar surface area (TPSA) is 67.2 Å². The predicted molar refractivity (Wildman–Crippen MR) is 59.1 cm³/mol. The number of rotatable bonds is 4. The molecule has 1 fully saturated rings. The van der Waals surface area contributed by atoms with Crippen LogP contribution in [0.25, 0.3) is 0 Å². The van der Waals surface area contributed by atoms with Gasteiger partial charge in [-0.1, -0.05) is 0 Å². The third-order valence-electron chi connectivity index (χ3n) is 3.22. The number of imidazole rings is 1. The third kappa shape index (κ3) is 2.24. The molecule has 5 heteroatoms. The molecule has 16 heavy (non-hydrogen) atoms. The van der Waals surface area contributed by atoms with Gasteiger partial charge in [-0.3, -0.25) is 10.1 Å². The number of carbonyl (C=O) groups is 1. The molecule has 88 valence electrons. The Morgan fingerprint density at radius 2 is 2.44 bits per heavy atom. The van der Waals surface area contributed by atoms with E-state index in [0.717, 1.165) is 19.3 Å². The molecule has 1 aliphatic rings. The van der Waals surface area contributed by atoms with Crippen LogP contribution in [-0.4, -0.2) is 32.7 Å². The molecule has 0 aromatic carbocycles. The van der Waals surface area contributed by atoms with Gasteiger partial charge in [0.1, 0.15) is 6.04 Å². The molecule has 2 rings (SSSR count). The first-order valence-electron chi connectivity index (χ1n) is 5.65. The van der Waals surface area contributed by atoms with Crippen LogP contribution in [0, 0.1) is 0 Å². The fraction of sp³-hybridized carbons (Fsp3) is 0.636. The van der Waals surface area contributed by atoms with E-state index >= 15 is 0 Å². The van der Waals surface area contributed by atoms with Crippen molar-refractivity contribution in [3.8, 4) is 0 Å². The Labute approximate surface area is 94.5 Å². The van der Waals surface area contributed by atoms with Crippen LogP contribution < -0.4 is 5.32 Å². The zero-order valence-corrected chi connectivity index (χ0v) is 9.34. The largest absolute Gasteiger partial charge is 0.480 e. The molecular weight excluding hydrogens is 206 g/mol. The Morgan fingerprint density at radius 1 is 1.62 bits per heavy atom. The molecule has 0 bridgehead atoms. The van der Waals surface area contributed by atoms with Crippen molar-refractivity contribution in [1.82, 2.24) is 14.9 Å². The second-order valence-electron chi connectivity index (χ2n) is 4.34. The fourth-order valence-corrected chi connectivity index (χ4v) is 2.35. The van der Waals surface area contributed by atoms with Crippen molar-refractivity contribution in [3.63, 3.8) is 0 Å². The number of carboxylic acid groups (broad SMARTS) is 1. The first kappa shape index (κ1) is 11.1. The molecular formula is C11H17N3O2. The van der Waals surface area contributed by atoms with E-state index in [1.165, 1.54) is 0 Å². The first-order chi connectivity index (χ1) is 7.68. The normalized spacial score (nSPS) is 26.8. The van der Waals surface area contributed by atoms with E-state index < -0.39 is 12.0 Å². The van der Waals surface area contributed by atoms with Crippen molar-refractivity contribution in [1.29, 1.82) is 0 Å². The van der Waals surface area contributed by atoms with Crippen LogP contribution in [0.1, 0.15) is 32.2 Å². The van der Waals surface area contributed by atoms with E-state index in [1.807, 2.05) is 6.20 Å². The van der Waals surface area contributed by atoms with Gasteiger partial charge >= 0.3 is 5.97 Å². The van der Waals surface area contributed by atoms with E-state index in [9.17, 15) is 4.79 Å². The second kappa shape index (κ2) is 4.65. The molecule has 0 aliphatic heterocycles. The highest BCUT2D eigenvalue weighted by atomic mass is 16.4. The summed E-state index contributed by atoms with van der Waals surface area (Å²) in [5, 5.41) is 12.0. The number of aliphatic carboxylic acids is 1. The van der Waals surface area contributed by atoms with Crippen molar-refractivity contribution in [2.75, 3.05) is 0 Å². The van der Waals surface area contributed by atoms with Gasteiger partial charge in [0.05, 0.1) is 6.33 Å². The van der Waals surface area contributed by atoms with Crippen LogP contribution >= 0.6 is 0 Å². The van der Waals surface area contributed by atoms with Gasteiger partial charge in [-0.25, -0.2) is 4.98 Å². The highest BCUT2D eigenvalue weighted by Gasteiger charge is 2.30. The van der Waals surface area contributed by atoms with Gasteiger partial charge in [0, 0.05) is 24.5 Å². The molecule has 1 heterocycles. The van der Waals surface area contributed by atoms with Crippen LogP contribution in [0.15, 0.2) is 18.7 Å². The highest BCUT2D eigenvalue weighted by molar-refractivity contribution is 5.72. The number of hydrogen-bond acceptors (Lipinski definition) is 3. The molecule has 2 N–H and O–H groups in total. The van der Waals surface area contributed by atoms with Gasteiger partial charge in [0.15, 0.2) is 0 Å². The van der Waals surface area contributed by atoms with Crippen LogP contribution in [0.2, 0.25) is 0 Å². The molecule has 5 nitrogen and oxygen atoms in total. The summed E-state index contributed by atoms with van der Waals surface area (Å²) in [4.78, 5) is 14.8. The predicted octanol–water partition coefficient (Wildman–Crippen LogP) is 1.04. The zero-order chi connectivity index (χ0) is 11.5. The monoisotopic (exact) mass is 223 g/mol. The van der Waals surface area contributed by atoms with Crippen LogP contribution in [0.5, 0.6) is 0 Å². The quantitative estimate of drug-likeness (QED) is 0.800. The summed E-state index contributed by atoms with van der Waals surface area (Å²) in [6.45, 7) is 1.69. The number of carboxylic acids is 1. The fourth-order valence-electron chi connectivity index (χ4n) is 2.35. The van der Waals surface area contributed by atoms with Crippen molar-refractivity contribution in [2.24, 2.45) is 0 Å². The SMILES string of the molecule is CC(NC1CCCC1n1ccnc1)C(=O)O. The molecule has 3 atom stereocenters. The van der Waals surface area contributed by atoms with Gasteiger partial charge < -0.3 is 9.67 Å². The summed E-state index contributed by atoms with van der Waals surface area (Å²) >= 11 is 0. The maximum absolute atomic E-state index is 10.8. The van der Waals surface area contributed by atoms with Gasteiger partial charge in [-0.15, -0.1) is 0 Å². The first-order valence-corrected chi connectivity index (χ1v) is 5.65. The summed E-state index contributed by atoms with van der Waals surface area (Å²) in [6.07, 6.45) is 8.75. The maximum Gasteiger partial charge on any atom is 0.320 e. The minimum Gasteiger partial charge on any atom is -0.480 e. The van der Waals surface area contributed by atoms with Gasteiger partial charge in [-0.2, -0.15) is 0 Å². The minimum atomic E-state index is -0.795. The van der Waals surface area contributed by atoms with E-state index in [-0.39, 0.29) is 6.04 Å². The van der Waals surface area contributed by atoms with Crippen molar-refractivity contribution < 1.29 is 9.90 Å². The molecule has 0 saturated heterocycles. The van der Waals surface area contributed by atoms with E-state index in [0.29, 0.717) is 6.04 Å². The van der Waals surface area contributed by atoms with E-state index in [2.05, 4.69) is 14.9 Å². The summed E-state index contributed by atoms with van der Waals surface area (Å²) < 4.78 is 2.07. The maximum atomic E-state index is 10.8. The van der Waals surface area contributed by atoms with Crippen molar-refractivity contribution >= 4 is 5.97 Å². The Hall–Kier alpha value is -1.36. The van der Waals surface area contributed by atoms with Gasteiger partial charge in [-0.05, 0) is 26.2 Å². The smallest absolute Gasteiger partial charge is 0.320 e. The van der Waals surface area contributed by atoms with Crippen molar-refractivity contribution in [2.45, 2.75) is 44.3 Å². The van der Waals surface area contributed by atoms with Gasteiger partial charge in [0.2, 0.25) is 0 Å². The number of hydrogen-bond donors (Lipinski definition) is 2. The summed E-state index contributed by atoms with van der Waals surface area (Å²) in [7, 11) is 0. The lowest BCUT2D eigenvalue weighted by atomic mass is 10.1. The minimum absolute atomic E-state index is 0.236. The zero-order valence-electron chi connectivity index (χ0n) is 9.34. The second-order valence-corrected chi connectivity index (χ2v) is 4.34. The van der Waals surface area contributed by atoms with E-state index in [1.54, 1.807) is 19.4 Å². The Bertz CT molecular complexity index is 350. The van der Waals surface area contributed by atoms with Gasteiger partial charge in [0.25, 0.3) is 0 Å². The lowest BCUT2D eigenvalue weighted by molar-refractivity contribution is -0.139. The summed E-state index contributed by atoms with van der Waals surface area (Å²) in [5.41, 5.74) is 0. The van der Waals surface area contributed by atoms with Crippen LogP contribution in [-0.2, 0) is 4.79 Å². The number of nitrogens with one attached hydrogen (secondary N) is 1. The molecule has 1 aliphatic carbocycles. The summed E-state index contributed by atoms with van der Waals surface area (Å²) in [6, 6.07) is 0.0821. The molecule has 0 spiro atoms. The Balaban J connectivity index is 2.01. The molecule has 0 amide bonds. The van der Waals surface area contributed by atoms with E-state index in [4.69, 9.17) is 5.11 Å². The molecule has 3 unspecified atom stereocenters.